The highest BCUT2D eigenvalue weighted by atomic mass is 16.6. The second kappa shape index (κ2) is 4.94. The van der Waals surface area contributed by atoms with Crippen LogP contribution in [-0.2, 0) is 16.8 Å². The monoisotopic (exact) mass is 296 g/mol. The van der Waals surface area contributed by atoms with E-state index in [2.05, 4.69) is 0 Å². The summed E-state index contributed by atoms with van der Waals surface area (Å²) in [6.45, 7) is 4.12. The van der Waals surface area contributed by atoms with Crippen LogP contribution in [0.1, 0.15) is 25.0 Å². The van der Waals surface area contributed by atoms with Crippen LogP contribution in [0.15, 0.2) is 48.5 Å². The van der Waals surface area contributed by atoms with E-state index in [1.807, 2.05) is 44.2 Å². The Kier molecular flexibility index (Phi) is 3.20. The molecule has 3 rings (SSSR count). The molecular weight excluding hydrogens is 280 g/mol. The van der Waals surface area contributed by atoms with Crippen molar-refractivity contribution in [2.24, 2.45) is 0 Å². The zero-order valence-corrected chi connectivity index (χ0v) is 12.4. The Morgan fingerprint density at radius 2 is 1.82 bits per heavy atom. The van der Waals surface area contributed by atoms with Crippen molar-refractivity contribution in [3.8, 4) is 0 Å². The lowest BCUT2D eigenvalue weighted by Crippen LogP contribution is -2.35. The second-order valence-corrected chi connectivity index (χ2v) is 5.96. The van der Waals surface area contributed by atoms with Crippen molar-refractivity contribution < 1.29 is 9.72 Å². The molecule has 1 amide bonds. The normalized spacial score (nSPS) is 15.7. The van der Waals surface area contributed by atoms with Crippen LogP contribution in [-0.4, -0.2) is 10.8 Å². The maximum atomic E-state index is 12.7. The van der Waals surface area contributed by atoms with E-state index in [9.17, 15) is 14.9 Å². The summed E-state index contributed by atoms with van der Waals surface area (Å²) in [5.74, 6) is -0.0353. The van der Waals surface area contributed by atoms with Gasteiger partial charge in [-0.25, -0.2) is 0 Å². The van der Waals surface area contributed by atoms with E-state index in [1.54, 1.807) is 11.0 Å². The smallest absolute Gasteiger partial charge is 0.271 e. The predicted molar refractivity (Wildman–Crippen MR) is 83.8 cm³/mol. The molecule has 2 aromatic rings. The average Bonchev–Trinajstić information content (AvgIpc) is 2.69. The first kappa shape index (κ1) is 14.3. The van der Waals surface area contributed by atoms with Gasteiger partial charge in [0.05, 0.1) is 22.6 Å². The third kappa shape index (κ3) is 2.15. The molecule has 0 atom stereocenters. The van der Waals surface area contributed by atoms with E-state index in [-0.39, 0.29) is 11.6 Å². The largest absolute Gasteiger partial charge is 0.307 e. The molecule has 1 aliphatic heterocycles. The highest BCUT2D eigenvalue weighted by Gasteiger charge is 2.44. The Hall–Kier alpha value is -2.69. The Morgan fingerprint density at radius 1 is 1.14 bits per heavy atom. The number of hydrogen-bond acceptors (Lipinski definition) is 3. The SMILES string of the molecule is CC1(C)C(=O)N(Cc2ccccc2)c2cc([N+](=O)[O-])ccc21. The van der Waals surface area contributed by atoms with Gasteiger partial charge in [0.25, 0.3) is 5.69 Å². The zero-order chi connectivity index (χ0) is 15.9. The van der Waals surface area contributed by atoms with Crippen LogP contribution >= 0.6 is 0 Å². The second-order valence-electron chi connectivity index (χ2n) is 5.96. The molecule has 0 spiro atoms. The minimum atomic E-state index is -0.667. The number of carbonyl (C=O) groups is 1. The van der Waals surface area contributed by atoms with Gasteiger partial charge in [-0.05, 0) is 31.0 Å². The standard InChI is InChI=1S/C17H16N2O3/c1-17(2)14-9-8-13(19(21)22)10-15(14)18(16(17)20)11-12-6-4-3-5-7-12/h3-10H,11H2,1-2H3. The molecule has 22 heavy (non-hydrogen) atoms. The molecule has 0 fully saturated rings. The summed E-state index contributed by atoms with van der Waals surface area (Å²) < 4.78 is 0. The van der Waals surface area contributed by atoms with Gasteiger partial charge in [-0.1, -0.05) is 30.3 Å². The number of nitrogens with zero attached hydrogens (tertiary/aromatic N) is 2. The summed E-state index contributed by atoms with van der Waals surface area (Å²) in [4.78, 5) is 24.9. The van der Waals surface area contributed by atoms with Gasteiger partial charge in [-0.2, -0.15) is 0 Å². The number of nitro groups is 1. The molecule has 1 heterocycles. The Bertz CT molecular complexity index is 754. The molecule has 5 heteroatoms. The van der Waals surface area contributed by atoms with Crippen LogP contribution in [0.4, 0.5) is 11.4 Å². The number of fused-ring (bicyclic) bond motifs is 1. The van der Waals surface area contributed by atoms with Gasteiger partial charge in [-0.15, -0.1) is 0 Å². The molecule has 0 saturated heterocycles. The fourth-order valence-electron chi connectivity index (χ4n) is 2.87. The number of hydrogen-bond donors (Lipinski definition) is 0. The number of non-ortho nitro benzene ring substituents is 1. The van der Waals surface area contributed by atoms with Crippen molar-refractivity contribution in [2.75, 3.05) is 4.90 Å². The third-order valence-electron chi connectivity index (χ3n) is 4.12. The average molecular weight is 296 g/mol. The van der Waals surface area contributed by atoms with Gasteiger partial charge in [0, 0.05) is 12.1 Å². The van der Waals surface area contributed by atoms with Gasteiger partial charge < -0.3 is 4.90 Å². The summed E-state index contributed by atoms with van der Waals surface area (Å²) in [5, 5.41) is 11.0. The quantitative estimate of drug-likeness (QED) is 0.644. The van der Waals surface area contributed by atoms with Crippen molar-refractivity contribution in [1.82, 2.24) is 0 Å². The summed E-state index contributed by atoms with van der Waals surface area (Å²) in [6.07, 6.45) is 0. The maximum Gasteiger partial charge on any atom is 0.271 e. The lowest BCUT2D eigenvalue weighted by molar-refractivity contribution is -0.384. The van der Waals surface area contributed by atoms with E-state index in [1.165, 1.54) is 12.1 Å². The van der Waals surface area contributed by atoms with Gasteiger partial charge >= 0.3 is 0 Å². The fourth-order valence-corrected chi connectivity index (χ4v) is 2.87. The molecule has 0 unspecified atom stereocenters. The highest BCUT2D eigenvalue weighted by Crippen LogP contribution is 2.43. The Balaban J connectivity index is 2.07. The number of rotatable bonds is 3. The molecule has 0 saturated carbocycles. The Labute approximate surface area is 128 Å². The number of amides is 1. The Morgan fingerprint density at radius 3 is 2.45 bits per heavy atom. The summed E-state index contributed by atoms with van der Waals surface area (Å²) in [7, 11) is 0. The lowest BCUT2D eigenvalue weighted by Gasteiger charge is -2.20. The minimum absolute atomic E-state index is 0.00214. The van der Waals surface area contributed by atoms with Gasteiger partial charge in [-0.3, -0.25) is 14.9 Å². The van der Waals surface area contributed by atoms with Crippen molar-refractivity contribution in [3.05, 3.63) is 69.8 Å². The van der Waals surface area contributed by atoms with E-state index >= 15 is 0 Å². The molecule has 0 radical (unpaired) electrons. The van der Waals surface area contributed by atoms with E-state index in [4.69, 9.17) is 0 Å². The van der Waals surface area contributed by atoms with Gasteiger partial charge in [0.1, 0.15) is 0 Å². The van der Waals surface area contributed by atoms with Gasteiger partial charge in [0.2, 0.25) is 5.91 Å². The first-order valence-electron chi connectivity index (χ1n) is 7.06. The number of benzene rings is 2. The van der Waals surface area contributed by atoms with Gasteiger partial charge in [0.15, 0.2) is 0 Å². The number of carbonyl (C=O) groups excluding carboxylic acids is 1. The van der Waals surface area contributed by atoms with Crippen LogP contribution in [0.2, 0.25) is 0 Å². The van der Waals surface area contributed by atoms with Crippen molar-refractivity contribution in [2.45, 2.75) is 25.8 Å². The summed E-state index contributed by atoms with van der Waals surface area (Å²) in [6, 6.07) is 14.3. The number of nitro benzene ring substituents is 1. The van der Waals surface area contributed by atoms with E-state index in [0.29, 0.717) is 12.2 Å². The molecule has 5 nitrogen and oxygen atoms in total. The summed E-state index contributed by atoms with van der Waals surface area (Å²) in [5.41, 5.74) is 1.79. The molecular formula is C17H16N2O3. The van der Waals surface area contributed by atoms with Crippen LogP contribution in [0.25, 0.3) is 0 Å². The molecule has 0 aliphatic carbocycles. The minimum Gasteiger partial charge on any atom is -0.307 e. The lowest BCUT2D eigenvalue weighted by atomic mass is 9.86. The molecule has 0 bridgehead atoms. The van der Waals surface area contributed by atoms with Crippen LogP contribution in [0.3, 0.4) is 0 Å². The number of anilines is 1. The predicted octanol–water partition coefficient (Wildman–Crippen LogP) is 3.42. The molecule has 2 aromatic carbocycles. The van der Waals surface area contributed by atoms with E-state index in [0.717, 1.165) is 11.1 Å². The third-order valence-corrected chi connectivity index (χ3v) is 4.12. The first-order chi connectivity index (χ1) is 10.4. The molecule has 1 aliphatic rings. The molecule has 112 valence electrons. The van der Waals surface area contributed by atoms with Crippen molar-refractivity contribution in [1.29, 1.82) is 0 Å². The zero-order valence-electron chi connectivity index (χ0n) is 12.4. The topological polar surface area (TPSA) is 63.5 Å². The van der Waals surface area contributed by atoms with Crippen LogP contribution < -0.4 is 4.90 Å². The first-order valence-corrected chi connectivity index (χ1v) is 7.06. The maximum absolute atomic E-state index is 12.7. The fraction of sp³-hybridized carbons (Fsp3) is 0.235. The molecule has 0 N–H and O–H groups in total. The summed E-state index contributed by atoms with van der Waals surface area (Å²) >= 11 is 0. The van der Waals surface area contributed by atoms with Crippen LogP contribution in [0, 0.1) is 10.1 Å². The highest BCUT2D eigenvalue weighted by molar-refractivity contribution is 6.07. The van der Waals surface area contributed by atoms with Crippen molar-refractivity contribution in [3.63, 3.8) is 0 Å². The van der Waals surface area contributed by atoms with Crippen molar-refractivity contribution >= 4 is 17.3 Å². The molecule has 0 aromatic heterocycles. The van der Waals surface area contributed by atoms with Crippen LogP contribution in [0.5, 0.6) is 0 Å². The van der Waals surface area contributed by atoms with E-state index < -0.39 is 10.3 Å².